The monoisotopic (exact) mass is 313 g/mol. The van der Waals surface area contributed by atoms with Gasteiger partial charge in [0.25, 0.3) is 0 Å². The van der Waals surface area contributed by atoms with Crippen molar-refractivity contribution in [2.75, 3.05) is 5.33 Å². The molecule has 3 nitrogen and oxygen atoms in total. The van der Waals surface area contributed by atoms with Gasteiger partial charge in [0.1, 0.15) is 6.61 Å². The Kier molecular flexibility index (Phi) is 7.49. The molecule has 0 aliphatic rings. The number of amides is 1. The molecule has 0 aliphatic heterocycles. The molecule has 1 atom stereocenters. The van der Waals surface area contributed by atoms with Crippen LogP contribution < -0.4 is 5.32 Å². The molecular weight excluding hydrogens is 294 g/mol. The maximum Gasteiger partial charge on any atom is 0.407 e. The van der Waals surface area contributed by atoms with Gasteiger partial charge in [-0.1, -0.05) is 66.0 Å². The summed E-state index contributed by atoms with van der Waals surface area (Å²) in [7, 11) is 0. The number of nitrogens with one attached hydrogen (secondary N) is 1. The second kappa shape index (κ2) is 8.97. The minimum Gasteiger partial charge on any atom is -0.445 e. The van der Waals surface area contributed by atoms with Crippen molar-refractivity contribution in [3.8, 4) is 0 Å². The largest absolute Gasteiger partial charge is 0.445 e. The van der Waals surface area contributed by atoms with Crippen LogP contribution in [0, 0.1) is 0 Å². The summed E-state index contributed by atoms with van der Waals surface area (Å²) in [5.41, 5.74) is 0.997. The molecule has 0 bridgehead atoms. The zero-order valence-electron chi connectivity index (χ0n) is 10.7. The summed E-state index contributed by atoms with van der Waals surface area (Å²) in [6, 6.07) is 9.82. The molecule has 1 N–H and O–H groups in total. The minimum absolute atomic E-state index is 0.147. The van der Waals surface area contributed by atoms with Crippen molar-refractivity contribution >= 4 is 22.0 Å². The highest BCUT2D eigenvalue weighted by molar-refractivity contribution is 9.09. The zero-order valence-corrected chi connectivity index (χ0v) is 12.3. The first-order chi connectivity index (χ1) is 8.76. The number of carbonyl (C=O) groups excluding carboxylic acids is 1. The van der Waals surface area contributed by atoms with Gasteiger partial charge in [-0.15, -0.1) is 0 Å². The van der Waals surface area contributed by atoms with Gasteiger partial charge in [-0.25, -0.2) is 4.79 Å². The van der Waals surface area contributed by atoms with E-state index in [-0.39, 0.29) is 12.1 Å². The first-order valence-electron chi connectivity index (χ1n) is 6.29. The molecule has 1 rings (SSSR count). The van der Waals surface area contributed by atoms with Gasteiger partial charge in [-0.3, -0.25) is 0 Å². The van der Waals surface area contributed by atoms with Gasteiger partial charge in [0.2, 0.25) is 0 Å². The molecule has 18 heavy (non-hydrogen) atoms. The summed E-state index contributed by atoms with van der Waals surface area (Å²) in [5.74, 6) is 0. The second-order valence-corrected chi connectivity index (χ2v) is 4.85. The fourth-order valence-electron chi connectivity index (χ4n) is 1.57. The van der Waals surface area contributed by atoms with Crippen LogP contribution in [0.5, 0.6) is 0 Å². The Balaban J connectivity index is 2.28. The van der Waals surface area contributed by atoms with E-state index >= 15 is 0 Å². The third-order valence-electron chi connectivity index (χ3n) is 2.63. The highest BCUT2D eigenvalue weighted by Crippen LogP contribution is 2.05. The Bertz CT molecular complexity index is 343. The van der Waals surface area contributed by atoms with Gasteiger partial charge in [0.15, 0.2) is 0 Å². The van der Waals surface area contributed by atoms with Crippen LogP contribution in [-0.4, -0.2) is 17.5 Å². The van der Waals surface area contributed by atoms with Crippen molar-refractivity contribution in [2.45, 2.75) is 38.8 Å². The second-order valence-electron chi connectivity index (χ2n) is 4.20. The van der Waals surface area contributed by atoms with Crippen LogP contribution in [-0.2, 0) is 11.3 Å². The predicted molar refractivity (Wildman–Crippen MR) is 76.9 cm³/mol. The molecule has 0 radical (unpaired) electrons. The average Bonchev–Trinajstić information content (AvgIpc) is 2.42. The minimum atomic E-state index is -0.348. The third-order valence-corrected chi connectivity index (χ3v) is 3.41. The molecule has 1 aromatic carbocycles. The molecular formula is C14H20BrNO2. The van der Waals surface area contributed by atoms with E-state index < -0.39 is 0 Å². The maximum atomic E-state index is 11.6. The SMILES string of the molecule is CCCC[C@@H](CBr)NC(=O)OCc1ccccc1. The van der Waals surface area contributed by atoms with Gasteiger partial charge < -0.3 is 10.1 Å². The van der Waals surface area contributed by atoms with Crippen LogP contribution in [0.1, 0.15) is 31.7 Å². The number of hydrogen-bond donors (Lipinski definition) is 1. The van der Waals surface area contributed by atoms with Crippen molar-refractivity contribution in [3.05, 3.63) is 35.9 Å². The number of carbonyl (C=O) groups is 1. The quantitative estimate of drug-likeness (QED) is 0.776. The van der Waals surface area contributed by atoms with Crippen LogP contribution in [0.15, 0.2) is 30.3 Å². The Morgan fingerprint density at radius 3 is 2.72 bits per heavy atom. The van der Waals surface area contributed by atoms with Gasteiger partial charge in [-0.2, -0.15) is 0 Å². The lowest BCUT2D eigenvalue weighted by atomic mass is 10.1. The predicted octanol–water partition coefficient (Wildman–Crippen LogP) is 3.87. The van der Waals surface area contributed by atoms with Crippen molar-refractivity contribution in [1.82, 2.24) is 5.32 Å². The van der Waals surface area contributed by atoms with Crippen LogP contribution in [0.2, 0.25) is 0 Å². The van der Waals surface area contributed by atoms with Crippen molar-refractivity contribution < 1.29 is 9.53 Å². The number of unbranched alkanes of at least 4 members (excludes halogenated alkanes) is 1. The lowest BCUT2D eigenvalue weighted by molar-refractivity contribution is 0.136. The summed E-state index contributed by atoms with van der Waals surface area (Å²) >= 11 is 3.40. The van der Waals surface area contributed by atoms with Gasteiger partial charge in [0, 0.05) is 11.4 Å². The Hall–Kier alpha value is -1.03. The summed E-state index contributed by atoms with van der Waals surface area (Å²) in [5, 5.41) is 3.62. The van der Waals surface area contributed by atoms with Gasteiger partial charge in [-0.05, 0) is 12.0 Å². The van der Waals surface area contributed by atoms with E-state index in [4.69, 9.17) is 4.74 Å². The van der Waals surface area contributed by atoms with E-state index in [0.29, 0.717) is 6.61 Å². The molecule has 1 amide bonds. The van der Waals surface area contributed by atoms with Crippen LogP contribution in [0.25, 0.3) is 0 Å². The Labute approximate surface area is 117 Å². The van der Waals surface area contributed by atoms with Crippen molar-refractivity contribution in [3.63, 3.8) is 0 Å². The smallest absolute Gasteiger partial charge is 0.407 e. The summed E-state index contributed by atoms with van der Waals surface area (Å²) < 4.78 is 5.17. The normalized spacial score (nSPS) is 11.9. The lowest BCUT2D eigenvalue weighted by Crippen LogP contribution is -2.36. The van der Waals surface area contributed by atoms with Crippen molar-refractivity contribution in [2.24, 2.45) is 0 Å². The number of hydrogen-bond acceptors (Lipinski definition) is 2. The van der Waals surface area contributed by atoms with Crippen LogP contribution >= 0.6 is 15.9 Å². The molecule has 4 heteroatoms. The van der Waals surface area contributed by atoms with E-state index in [1.807, 2.05) is 30.3 Å². The standard InChI is InChI=1S/C14H20BrNO2/c1-2-3-9-13(10-15)16-14(17)18-11-12-7-5-4-6-8-12/h4-8,13H,2-3,9-11H2,1H3,(H,16,17)/t13-/m0/s1. The van der Waals surface area contributed by atoms with Crippen LogP contribution in [0.4, 0.5) is 4.79 Å². The van der Waals surface area contributed by atoms with Gasteiger partial charge >= 0.3 is 6.09 Å². The number of benzene rings is 1. The fraction of sp³-hybridized carbons (Fsp3) is 0.500. The molecule has 1 aromatic rings. The van der Waals surface area contributed by atoms with Gasteiger partial charge in [0.05, 0.1) is 0 Å². The molecule has 0 aromatic heterocycles. The molecule has 0 aliphatic carbocycles. The highest BCUT2D eigenvalue weighted by atomic mass is 79.9. The van der Waals surface area contributed by atoms with E-state index in [1.165, 1.54) is 0 Å². The molecule has 0 fully saturated rings. The average molecular weight is 314 g/mol. The molecule has 0 saturated heterocycles. The topological polar surface area (TPSA) is 38.3 Å². The lowest BCUT2D eigenvalue weighted by Gasteiger charge is -2.15. The number of halogens is 1. The molecule has 0 unspecified atom stereocenters. The van der Waals surface area contributed by atoms with E-state index in [2.05, 4.69) is 28.2 Å². The number of rotatable bonds is 7. The Morgan fingerprint density at radius 2 is 2.11 bits per heavy atom. The summed E-state index contributed by atoms with van der Waals surface area (Å²) in [6.07, 6.45) is 2.86. The maximum absolute atomic E-state index is 11.6. The fourth-order valence-corrected chi connectivity index (χ4v) is 2.06. The Morgan fingerprint density at radius 1 is 1.39 bits per heavy atom. The first kappa shape index (κ1) is 15.0. The number of ether oxygens (including phenoxy) is 1. The molecule has 0 saturated carbocycles. The first-order valence-corrected chi connectivity index (χ1v) is 7.41. The molecule has 0 spiro atoms. The van der Waals surface area contributed by atoms with E-state index in [9.17, 15) is 4.79 Å². The zero-order chi connectivity index (χ0) is 13.2. The summed E-state index contributed by atoms with van der Waals surface area (Å²) in [4.78, 5) is 11.6. The summed E-state index contributed by atoms with van der Waals surface area (Å²) in [6.45, 7) is 2.45. The molecule has 100 valence electrons. The molecule has 0 heterocycles. The number of alkyl carbamates (subject to hydrolysis) is 1. The highest BCUT2D eigenvalue weighted by Gasteiger charge is 2.11. The van der Waals surface area contributed by atoms with Crippen LogP contribution in [0.3, 0.4) is 0 Å². The number of alkyl halides is 1. The van der Waals surface area contributed by atoms with E-state index in [1.54, 1.807) is 0 Å². The third kappa shape index (κ3) is 6.05. The van der Waals surface area contributed by atoms with E-state index in [0.717, 1.165) is 30.2 Å². The van der Waals surface area contributed by atoms with Crippen molar-refractivity contribution in [1.29, 1.82) is 0 Å².